The summed E-state index contributed by atoms with van der Waals surface area (Å²) in [5, 5.41) is 4.02. The first-order valence-electron chi connectivity index (χ1n) is 5.16. The Bertz CT molecular complexity index is 522. The topological polar surface area (TPSA) is 83.0 Å². The van der Waals surface area contributed by atoms with Crippen LogP contribution in [0.4, 0.5) is 5.82 Å². The molecule has 0 aliphatic heterocycles. The first-order valence-corrected chi connectivity index (χ1v) is 5.16. The molecule has 6 heteroatoms. The lowest BCUT2D eigenvalue weighted by Gasteiger charge is -1.98. The number of nitrogens with zero attached hydrogens (tertiary/aromatic N) is 3. The summed E-state index contributed by atoms with van der Waals surface area (Å²) in [4.78, 5) is 15.6. The van der Waals surface area contributed by atoms with Gasteiger partial charge in [0, 0.05) is 12.4 Å². The van der Waals surface area contributed by atoms with Crippen LogP contribution >= 0.6 is 0 Å². The third-order valence-corrected chi connectivity index (χ3v) is 2.12. The first kappa shape index (κ1) is 11.1. The van der Waals surface area contributed by atoms with Crippen molar-refractivity contribution in [1.29, 1.82) is 0 Å². The van der Waals surface area contributed by atoms with Crippen LogP contribution in [0.3, 0.4) is 0 Å². The zero-order valence-electron chi connectivity index (χ0n) is 9.33. The van der Waals surface area contributed by atoms with Crippen molar-refractivity contribution in [2.24, 2.45) is 0 Å². The number of rotatable bonds is 3. The summed E-state index contributed by atoms with van der Waals surface area (Å²) in [5.41, 5.74) is 5.90. The van der Waals surface area contributed by atoms with Crippen LogP contribution in [0.25, 0.3) is 5.82 Å². The molecular weight excluding hydrogens is 220 g/mol. The fourth-order valence-corrected chi connectivity index (χ4v) is 1.36. The second kappa shape index (κ2) is 4.65. The van der Waals surface area contributed by atoms with Gasteiger partial charge in [-0.1, -0.05) is 6.07 Å². The summed E-state index contributed by atoms with van der Waals surface area (Å²) in [5.74, 6) is 0.246. The molecule has 17 heavy (non-hydrogen) atoms. The maximum absolute atomic E-state index is 11.5. The average molecular weight is 232 g/mol. The lowest BCUT2D eigenvalue weighted by Crippen LogP contribution is -2.06. The number of nitrogens with two attached hydrogens (primary N) is 1. The van der Waals surface area contributed by atoms with Gasteiger partial charge in [0.15, 0.2) is 11.6 Å². The Hall–Kier alpha value is -2.37. The Morgan fingerprint density at radius 3 is 3.00 bits per heavy atom. The quantitative estimate of drug-likeness (QED) is 0.799. The molecule has 2 N–H and O–H groups in total. The highest BCUT2D eigenvalue weighted by atomic mass is 16.5. The van der Waals surface area contributed by atoms with E-state index in [9.17, 15) is 4.79 Å². The van der Waals surface area contributed by atoms with Crippen molar-refractivity contribution in [2.75, 3.05) is 12.3 Å². The van der Waals surface area contributed by atoms with Gasteiger partial charge in [-0.05, 0) is 19.1 Å². The number of nitrogen functional groups attached to an aromatic ring is 1. The fraction of sp³-hybridized carbons (Fsp3) is 0.182. The van der Waals surface area contributed by atoms with E-state index in [2.05, 4.69) is 10.1 Å². The molecule has 6 nitrogen and oxygen atoms in total. The molecule has 2 aromatic rings. The Balaban J connectivity index is 2.34. The molecule has 0 atom stereocenters. The number of hydrogen-bond donors (Lipinski definition) is 1. The number of anilines is 1. The Labute approximate surface area is 98.0 Å². The van der Waals surface area contributed by atoms with Gasteiger partial charge in [-0.15, -0.1) is 5.10 Å². The summed E-state index contributed by atoms with van der Waals surface area (Å²) >= 11 is 0. The molecule has 0 spiro atoms. The molecule has 2 aromatic heterocycles. The van der Waals surface area contributed by atoms with Crippen LogP contribution in [-0.2, 0) is 4.74 Å². The predicted octanol–water partition coefficient (Wildman–Crippen LogP) is 1.03. The van der Waals surface area contributed by atoms with Gasteiger partial charge >= 0.3 is 5.97 Å². The van der Waals surface area contributed by atoms with Crippen molar-refractivity contribution in [3.63, 3.8) is 0 Å². The summed E-state index contributed by atoms with van der Waals surface area (Å²) < 4.78 is 6.31. The molecule has 0 aromatic carbocycles. The molecule has 0 unspecified atom stereocenters. The molecule has 0 aliphatic carbocycles. The normalized spacial score (nSPS) is 10.2. The number of ether oxygens (including phenoxy) is 1. The maximum atomic E-state index is 11.5. The van der Waals surface area contributed by atoms with Crippen molar-refractivity contribution < 1.29 is 9.53 Å². The number of carbonyl (C=O) groups is 1. The highest BCUT2D eigenvalue weighted by Crippen LogP contribution is 2.13. The van der Waals surface area contributed by atoms with Crippen LogP contribution in [0.1, 0.15) is 17.3 Å². The summed E-state index contributed by atoms with van der Waals surface area (Å²) in [6.07, 6.45) is 3.15. The van der Waals surface area contributed by atoms with Gasteiger partial charge in [-0.3, -0.25) is 0 Å². The van der Waals surface area contributed by atoms with Gasteiger partial charge in [0.05, 0.1) is 6.61 Å². The molecule has 0 radical (unpaired) electrons. The molecule has 88 valence electrons. The van der Waals surface area contributed by atoms with Crippen molar-refractivity contribution in [3.05, 3.63) is 36.2 Å². The van der Waals surface area contributed by atoms with Crippen LogP contribution < -0.4 is 5.73 Å². The van der Waals surface area contributed by atoms with Crippen LogP contribution in [0.5, 0.6) is 0 Å². The van der Waals surface area contributed by atoms with Gasteiger partial charge in [0.1, 0.15) is 5.56 Å². The van der Waals surface area contributed by atoms with Gasteiger partial charge in [0.2, 0.25) is 0 Å². The van der Waals surface area contributed by atoms with Crippen molar-refractivity contribution in [1.82, 2.24) is 14.8 Å². The maximum Gasteiger partial charge on any atom is 0.343 e. The van der Waals surface area contributed by atoms with Crippen molar-refractivity contribution in [3.8, 4) is 5.82 Å². The van der Waals surface area contributed by atoms with E-state index < -0.39 is 5.97 Å². The van der Waals surface area contributed by atoms with Gasteiger partial charge < -0.3 is 10.5 Å². The van der Waals surface area contributed by atoms with Crippen molar-refractivity contribution >= 4 is 11.8 Å². The van der Waals surface area contributed by atoms with Crippen LogP contribution in [0.15, 0.2) is 30.6 Å². The van der Waals surface area contributed by atoms with Crippen molar-refractivity contribution in [2.45, 2.75) is 6.92 Å². The van der Waals surface area contributed by atoms with E-state index in [0.717, 1.165) is 0 Å². The second-order valence-electron chi connectivity index (χ2n) is 3.28. The van der Waals surface area contributed by atoms with E-state index in [4.69, 9.17) is 10.5 Å². The van der Waals surface area contributed by atoms with E-state index in [1.807, 2.05) is 6.07 Å². The highest BCUT2D eigenvalue weighted by molar-refractivity contribution is 5.93. The minimum Gasteiger partial charge on any atom is -0.462 e. The van der Waals surface area contributed by atoms with E-state index >= 15 is 0 Å². The van der Waals surface area contributed by atoms with Crippen LogP contribution in [-0.4, -0.2) is 27.3 Å². The standard InChI is InChI=1S/C11H12N4O2/c1-2-17-11(16)8-7-15(14-10(8)12)9-5-3-4-6-13-9/h3-7H,2H2,1H3,(H2,12,14). The monoisotopic (exact) mass is 232 g/mol. The minimum atomic E-state index is -0.479. The van der Waals surface area contributed by atoms with E-state index in [0.29, 0.717) is 12.4 Å². The summed E-state index contributed by atoms with van der Waals surface area (Å²) in [6, 6.07) is 5.38. The number of esters is 1. The highest BCUT2D eigenvalue weighted by Gasteiger charge is 2.15. The fourth-order valence-electron chi connectivity index (χ4n) is 1.36. The lowest BCUT2D eigenvalue weighted by atomic mass is 10.3. The molecule has 0 amide bonds. The van der Waals surface area contributed by atoms with Gasteiger partial charge in [0.25, 0.3) is 0 Å². The zero-order chi connectivity index (χ0) is 12.3. The van der Waals surface area contributed by atoms with Crippen LogP contribution in [0, 0.1) is 0 Å². The largest absolute Gasteiger partial charge is 0.462 e. The van der Waals surface area contributed by atoms with Gasteiger partial charge in [-0.2, -0.15) is 0 Å². The third kappa shape index (κ3) is 2.25. The molecule has 2 rings (SSSR count). The lowest BCUT2D eigenvalue weighted by molar-refractivity contribution is 0.0527. The van der Waals surface area contributed by atoms with E-state index in [-0.39, 0.29) is 11.4 Å². The minimum absolute atomic E-state index is 0.133. The Morgan fingerprint density at radius 1 is 1.53 bits per heavy atom. The SMILES string of the molecule is CCOC(=O)c1cn(-c2ccccn2)nc1N. The molecule has 0 bridgehead atoms. The van der Waals surface area contributed by atoms with E-state index in [1.54, 1.807) is 25.3 Å². The number of carbonyl (C=O) groups excluding carboxylic acids is 1. The van der Waals surface area contributed by atoms with Gasteiger partial charge in [-0.25, -0.2) is 14.5 Å². The molecule has 0 saturated carbocycles. The Morgan fingerprint density at radius 2 is 2.35 bits per heavy atom. The second-order valence-corrected chi connectivity index (χ2v) is 3.28. The molecular formula is C11H12N4O2. The molecule has 0 aliphatic rings. The summed E-state index contributed by atoms with van der Waals surface area (Å²) in [6.45, 7) is 2.03. The third-order valence-electron chi connectivity index (χ3n) is 2.12. The molecule has 0 saturated heterocycles. The Kier molecular flexibility index (Phi) is 3.04. The number of aromatic nitrogens is 3. The zero-order valence-corrected chi connectivity index (χ0v) is 9.33. The smallest absolute Gasteiger partial charge is 0.343 e. The van der Waals surface area contributed by atoms with E-state index in [1.165, 1.54) is 10.9 Å². The number of pyridine rings is 1. The predicted molar refractivity (Wildman–Crippen MR) is 61.7 cm³/mol. The first-order chi connectivity index (χ1) is 8.22. The molecule has 2 heterocycles. The summed E-state index contributed by atoms with van der Waals surface area (Å²) in [7, 11) is 0. The average Bonchev–Trinajstić information content (AvgIpc) is 2.73. The van der Waals surface area contributed by atoms with Crippen LogP contribution in [0.2, 0.25) is 0 Å². The number of hydrogen-bond acceptors (Lipinski definition) is 5. The molecule has 0 fully saturated rings.